The molecule has 2 aliphatic rings. The van der Waals surface area contributed by atoms with E-state index in [1.807, 2.05) is 0 Å². The SMILES string of the molecule is O=C(NC1CCCC1)C(c1ccc(O)cc1)N(C(=O)c1ccc2c(c1)OCCO2)c1cccc(C(F)(F)F)c1. The lowest BCUT2D eigenvalue weighted by Crippen LogP contribution is -2.46. The van der Waals surface area contributed by atoms with Crippen LogP contribution < -0.4 is 19.7 Å². The molecule has 1 saturated carbocycles. The molecule has 1 unspecified atom stereocenters. The molecule has 7 nitrogen and oxygen atoms in total. The molecule has 0 aromatic heterocycles. The van der Waals surface area contributed by atoms with Crippen LogP contribution in [-0.4, -0.2) is 36.2 Å². The highest BCUT2D eigenvalue weighted by molar-refractivity contribution is 6.10. The Labute approximate surface area is 223 Å². The van der Waals surface area contributed by atoms with Crippen molar-refractivity contribution in [3.05, 3.63) is 83.4 Å². The Morgan fingerprint density at radius 1 is 0.923 bits per heavy atom. The van der Waals surface area contributed by atoms with Gasteiger partial charge in [0, 0.05) is 17.3 Å². The van der Waals surface area contributed by atoms with Gasteiger partial charge in [-0.3, -0.25) is 14.5 Å². The van der Waals surface area contributed by atoms with E-state index in [1.54, 1.807) is 6.07 Å². The topological polar surface area (TPSA) is 88.1 Å². The van der Waals surface area contributed by atoms with Gasteiger partial charge in [0.2, 0.25) is 5.91 Å². The number of hydrogen-bond acceptors (Lipinski definition) is 5. The van der Waals surface area contributed by atoms with E-state index in [-0.39, 0.29) is 29.6 Å². The summed E-state index contributed by atoms with van der Waals surface area (Å²) in [5.41, 5.74) is -0.634. The lowest BCUT2D eigenvalue weighted by molar-refractivity contribution is -0.137. The molecule has 10 heteroatoms. The van der Waals surface area contributed by atoms with E-state index in [1.165, 1.54) is 48.5 Å². The zero-order valence-corrected chi connectivity index (χ0v) is 20.9. The maximum Gasteiger partial charge on any atom is 0.416 e. The molecule has 2 N–H and O–H groups in total. The third-order valence-electron chi connectivity index (χ3n) is 6.88. The molecule has 0 bridgehead atoms. The van der Waals surface area contributed by atoms with Crippen LogP contribution in [-0.2, 0) is 11.0 Å². The van der Waals surface area contributed by atoms with Crippen molar-refractivity contribution in [1.82, 2.24) is 5.32 Å². The Balaban J connectivity index is 1.64. The summed E-state index contributed by atoms with van der Waals surface area (Å²) < 4.78 is 52.2. The van der Waals surface area contributed by atoms with Gasteiger partial charge in [0.1, 0.15) is 25.0 Å². The minimum atomic E-state index is -4.66. The second kappa shape index (κ2) is 10.9. The normalized spacial score (nSPS) is 16.0. The van der Waals surface area contributed by atoms with Crippen LogP contribution in [0.25, 0.3) is 0 Å². The number of benzene rings is 3. The molecular formula is C29H27F3N2O5. The van der Waals surface area contributed by atoms with Gasteiger partial charge in [0.25, 0.3) is 5.91 Å². The van der Waals surface area contributed by atoms with Crippen LogP contribution in [0.3, 0.4) is 0 Å². The van der Waals surface area contributed by atoms with Crippen molar-refractivity contribution in [2.75, 3.05) is 18.1 Å². The average molecular weight is 541 g/mol. The summed E-state index contributed by atoms with van der Waals surface area (Å²) in [6.07, 6.45) is -1.23. The molecule has 204 valence electrons. The van der Waals surface area contributed by atoms with Crippen molar-refractivity contribution in [3.8, 4) is 17.2 Å². The standard InChI is InChI=1S/C29H27F3N2O5/c30-29(31,32)20-4-3-7-22(17-20)34(28(37)19-10-13-24-25(16-19)39-15-14-38-24)26(18-8-11-23(35)12-9-18)27(36)33-21-5-1-2-6-21/h3-4,7-13,16-17,21,26,35H,1-2,5-6,14-15H2,(H,33,36). The predicted molar refractivity (Wildman–Crippen MR) is 137 cm³/mol. The van der Waals surface area contributed by atoms with Gasteiger partial charge in [-0.2, -0.15) is 13.2 Å². The lowest BCUT2D eigenvalue weighted by Gasteiger charge is -2.33. The first kappa shape index (κ1) is 26.4. The highest BCUT2D eigenvalue weighted by Crippen LogP contribution is 2.37. The van der Waals surface area contributed by atoms with Crippen molar-refractivity contribution in [1.29, 1.82) is 0 Å². The second-order valence-corrected chi connectivity index (χ2v) is 9.57. The number of phenolic OH excluding ortho intramolecular Hbond substituents is 1. The first-order valence-corrected chi connectivity index (χ1v) is 12.7. The Bertz CT molecular complexity index is 1350. The maximum absolute atomic E-state index is 14.1. The first-order valence-electron chi connectivity index (χ1n) is 12.7. The highest BCUT2D eigenvalue weighted by Gasteiger charge is 2.37. The first-order chi connectivity index (χ1) is 18.7. The molecule has 0 radical (unpaired) electrons. The third-order valence-corrected chi connectivity index (χ3v) is 6.88. The summed E-state index contributed by atoms with van der Waals surface area (Å²) in [6, 6.07) is 13.1. The number of ether oxygens (including phenoxy) is 2. The fourth-order valence-electron chi connectivity index (χ4n) is 4.96. The van der Waals surface area contributed by atoms with E-state index in [4.69, 9.17) is 9.47 Å². The van der Waals surface area contributed by atoms with E-state index < -0.39 is 29.6 Å². The van der Waals surface area contributed by atoms with Crippen molar-refractivity contribution in [2.24, 2.45) is 0 Å². The van der Waals surface area contributed by atoms with E-state index in [0.29, 0.717) is 23.7 Å². The molecule has 3 aromatic carbocycles. The molecule has 2 amide bonds. The van der Waals surface area contributed by atoms with Crippen molar-refractivity contribution in [2.45, 2.75) is 43.9 Å². The van der Waals surface area contributed by atoms with E-state index >= 15 is 0 Å². The van der Waals surface area contributed by atoms with Gasteiger partial charge < -0.3 is 19.9 Å². The number of fused-ring (bicyclic) bond motifs is 1. The third kappa shape index (κ3) is 5.79. The number of amides is 2. The van der Waals surface area contributed by atoms with E-state index in [2.05, 4.69) is 5.32 Å². The highest BCUT2D eigenvalue weighted by atomic mass is 19.4. The van der Waals surface area contributed by atoms with Crippen LogP contribution in [0.5, 0.6) is 17.2 Å². The number of alkyl halides is 3. The Kier molecular flexibility index (Phi) is 7.36. The summed E-state index contributed by atoms with van der Waals surface area (Å²) in [4.78, 5) is 29.0. The Morgan fingerprint density at radius 2 is 1.62 bits per heavy atom. The van der Waals surface area contributed by atoms with Crippen LogP contribution in [0.2, 0.25) is 0 Å². The summed E-state index contributed by atoms with van der Waals surface area (Å²) >= 11 is 0. The average Bonchev–Trinajstić information content (AvgIpc) is 3.44. The number of anilines is 1. The fourth-order valence-corrected chi connectivity index (χ4v) is 4.96. The summed E-state index contributed by atoms with van der Waals surface area (Å²) in [5.74, 6) is -0.524. The van der Waals surface area contributed by atoms with Crippen LogP contribution in [0, 0.1) is 0 Å². The zero-order valence-electron chi connectivity index (χ0n) is 20.9. The van der Waals surface area contributed by atoms with Crippen molar-refractivity contribution < 1.29 is 37.3 Å². The number of nitrogens with zero attached hydrogens (tertiary/aromatic N) is 1. The number of aromatic hydroxyl groups is 1. The molecule has 39 heavy (non-hydrogen) atoms. The maximum atomic E-state index is 14.1. The zero-order chi connectivity index (χ0) is 27.6. The molecule has 3 aromatic rings. The molecule has 0 saturated heterocycles. The summed E-state index contributed by atoms with van der Waals surface area (Å²) in [7, 11) is 0. The molecule has 1 aliphatic carbocycles. The summed E-state index contributed by atoms with van der Waals surface area (Å²) in [6.45, 7) is 0.628. The number of phenols is 1. The number of rotatable bonds is 6. The minimum absolute atomic E-state index is 0.0579. The van der Waals surface area contributed by atoms with E-state index in [0.717, 1.165) is 42.7 Å². The summed E-state index contributed by atoms with van der Waals surface area (Å²) in [5, 5.41) is 12.8. The molecular weight excluding hydrogens is 513 g/mol. The number of carbonyl (C=O) groups excluding carboxylic acids is 2. The number of nitrogens with one attached hydrogen (secondary N) is 1. The van der Waals surface area contributed by atoms with Gasteiger partial charge in [0.05, 0.1) is 5.56 Å². The molecule has 0 spiro atoms. The monoisotopic (exact) mass is 540 g/mol. The van der Waals surface area contributed by atoms with Gasteiger partial charge in [-0.15, -0.1) is 0 Å². The van der Waals surface area contributed by atoms with Gasteiger partial charge in [-0.05, 0) is 66.9 Å². The molecule has 1 aliphatic heterocycles. The van der Waals surface area contributed by atoms with Crippen LogP contribution in [0.1, 0.15) is 53.2 Å². The predicted octanol–water partition coefficient (Wildman–Crippen LogP) is 5.63. The Morgan fingerprint density at radius 3 is 2.31 bits per heavy atom. The van der Waals surface area contributed by atoms with Crippen molar-refractivity contribution in [3.63, 3.8) is 0 Å². The number of hydrogen-bond donors (Lipinski definition) is 2. The van der Waals surface area contributed by atoms with Gasteiger partial charge in [-0.25, -0.2) is 0 Å². The molecule has 1 atom stereocenters. The largest absolute Gasteiger partial charge is 0.508 e. The Hall–Kier alpha value is -4.21. The fraction of sp³-hybridized carbons (Fsp3) is 0.310. The lowest BCUT2D eigenvalue weighted by atomic mass is 10.00. The molecule has 1 heterocycles. The van der Waals surface area contributed by atoms with E-state index in [9.17, 15) is 27.9 Å². The van der Waals surface area contributed by atoms with Crippen LogP contribution in [0.4, 0.5) is 18.9 Å². The smallest absolute Gasteiger partial charge is 0.416 e. The van der Waals surface area contributed by atoms with Gasteiger partial charge in [-0.1, -0.05) is 31.0 Å². The minimum Gasteiger partial charge on any atom is -0.508 e. The van der Waals surface area contributed by atoms with Crippen molar-refractivity contribution >= 4 is 17.5 Å². The van der Waals surface area contributed by atoms with Crippen LogP contribution >= 0.6 is 0 Å². The molecule has 1 fully saturated rings. The number of carbonyl (C=O) groups is 2. The molecule has 5 rings (SSSR count). The second-order valence-electron chi connectivity index (χ2n) is 9.57. The van der Waals surface area contributed by atoms with Gasteiger partial charge >= 0.3 is 6.18 Å². The number of halogens is 3. The quantitative estimate of drug-likeness (QED) is 0.423. The van der Waals surface area contributed by atoms with Gasteiger partial charge in [0.15, 0.2) is 11.5 Å². The van der Waals surface area contributed by atoms with Crippen LogP contribution in [0.15, 0.2) is 66.7 Å².